The predicted octanol–water partition coefficient (Wildman–Crippen LogP) is 3.93. The lowest BCUT2D eigenvalue weighted by molar-refractivity contribution is 0.486. The second-order valence-electron chi connectivity index (χ2n) is 5.51. The highest BCUT2D eigenvalue weighted by atomic mass is 19.1. The molecular formula is C17H18F2N2. The van der Waals surface area contributed by atoms with Crippen LogP contribution < -0.4 is 10.6 Å². The summed E-state index contributed by atoms with van der Waals surface area (Å²) in [5.74, 6) is -0.696. The topological polar surface area (TPSA) is 29.3 Å². The standard InChI is InChI=1S/C17H18F2N2/c18-15-10-14(20)11-16(19)17(15)21-8-6-13(7-9-21)12-4-2-1-3-5-12/h1-5,10-11,13H,6-9,20H2. The van der Waals surface area contributed by atoms with Crippen LogP contribution in [0.4, 0.5) is 20.2 Å². The number of nitrogens with zero attached hydrogens (tertiary/aromatic N) is 1. The maximum Gasteiger partial charge on any atom is 0.151 e. The summed E-state index contributed by atoms with van der Waals surface area (Å²) >= 11 is 0. The van der Waals surface area contributed by atoms with E-state index in [4.69, 9.17) is 5.73 Å². The average Bonchev–Trinajstić information content (AvgIpc) is 2.48. The van der Waals surface area contributed by atoms with Gasteiger partial charge in [0, 0.05) is 18.8 Å². The summed E-state index contributed by atoms with van der Waals surface area (Å²) in [5, 5.41) is 0. The number of nitrogen functional groups attached to an aromatic ring is 1. The summed E-state index contributed by atoms with van der Waals surface area (Å²) in [6, 6.07) is 12.7. The number of benzene rings is 2. The normalized spacial score (nSPS) is 16.2. The molecule has 3 rings (SSSR count). The Labute approximate surface area is 123 Å². The van der Waals surface area contributed by atoms with Crippen LogP contribution in [-0.2, 0) is 0 Å². The highest BCUT2D eigenvalue weighted by molar-refractivity contribution is 5.56. The van der Waals surface area contributed by atoms with Crippen molar-refractivity contribution in [2.24, 2.45) is 0 Å². The first-order valence-corrected chi connectivity index (χ1v) is 7.19. The first-order chi connectivity index (χ1) is 10.1. The zero-order valence-corrected chi connectivity index (χ0v) is 11.7. The molecule has 21 heavy (non-hydrogen) atoms. The van der Waals surface area contributed by atoms with Crippen LogP contribution in [0.5, 0.6) is 0 Å². The van der Waals surface area contributed by atoms with Crippen molar-refractivity contribution < 1.29 is 8.78 Å². The van der Waals surface area contributed by atoms with Crippen LogP contribution in [0.15, 0.2) is 42.5 Å². The van der Waals surface area contributed by atoms with Gasteiger partial charge in [0.2, 0.25) is 0 Å². The highest BCUT2D eigenvalue weighted by Gasteiger charge is 2.24. The van der Waals surface area contributed by atoms with E-state index in [1.165, 1.54) is 17.7 Å². The molecule has 0 spiro atoms. The molecule has 0 amide bonds. The van der Waals surface area contributed by atoms with Crippen LogP contribution >= 0.6 is 0 Å². The first kappa shape index (κ1) is 13.9. The number of anilines is 2. The molecule has 1 aliphatic heterocycles. The Morgan fingerprint density at radius 1 is 0.952 bits per heavy atom. The fourth-order valence-electron chi connectivity index (χ4n) is 3.05. The number of hydrogen-bond acceptors (Lipinski definition) is 2. The quantitative estimate of drug-likeness (QED) is 0.848. The van der Waals surface area contributed by atoms with E-state index in [-0.39, 0.29) is 11.4 Å². The predicted molar refractivity (Wildman–Crippen MR) is 81.4 cm³/mol. The molecule has 0 unspecified atom stereocenters. The Hall–Kier alpha value is -2.10. The van der Waals surface area contributed by atoms with Crippen molar-refractivity contribution in [3.05, 3.63) is 59.7 Å². The van der Waals surface area contributed by atoms with Crippen LogP contribution in [0.1, 0.15) is 24.3 Å². The monoisotopic (exact) mass is 288 g/mol. The number of rotatable bonds is 2. The van der Waals surface area contributed by atoms with Crippen LogP contribution in [0, 0.1) is 11.6 Å². The Bertz CT molecular complexity index is 597. The van der Waals surface area contributed by atoms with Crippen molar-refractivity contribution >= 4 is 11.4 Å². The molecule has 1 fully saturated rings. The number of piperidine rings is 1. The lowest BCUT2D eigenvalue weighted by Crippen LogP contribution is -2.34. The Morgan fingerprint density at radius 2 is 1.52 bits per heavy atom. The lowest BCUT2D eigenvalue weighted by atomic mass is 9.89. The van der Waals surface area contributed by atoms with Gasteiger partial charge in [0.05, 0.1) is 0 Å². The molecule has 1 aliphatic rings. The molecular weight excluding hydrogens is 270 g/mol. The van der Waals surface area contributed by atoms with Crippen LogP contribution in [0.3, 0.4) is 0 Å². The Morgan fingerprint density at radius 3 is 2.10 bits per heavy atom. The summed E-state index contributed by atoms with van der Waals surface area (Å²) in [7, 11) is 0. The van der Waals surface area contributed by atoms with Crippen LogP contribution in [0.25, 0.3) is 0 Å². The summed E-state index contributed by atoms with van der Waals surface area (Å²) in [5.41, 5.74) is 6.93. The van der Waals surface area contributed by atoms with Gasteiger partial charge in [0.15, 0.2) is 11.6 Å². The van der Waals surface area contributed by atoms with E-state index < -0.39 is 11.6 Å². The summed E-state index contributed by atoms with van der Waals surface area (Å²) in [6.07, 6.45) is 1.79. The van der Waals surface area contributed by atoms with Gasteiger partial charge in [0.25, 0.3) is 0 Å². The van der Waals surface area contributed by atoms with Crippen molar-refractivity contribution in [2.75, 3.05) is 23.7 Å². The second-order valence-corrected chi connectivity index (χ2v) is 5.51. The van der Waals surface area contributed by atoms with Gasteiger partial charge >= 0.3 is 0 Å². The zero-order valence-electron chi connectivity index (χ0n) is 11.7. The molecule has 2 nitrogen and oxygen atoms in total. The zero-order chi connectivity index (χ0) is 14.8. The smallest absolute Gasteiger partial charge is 0.151 e. The van der Waals surface area contributed by atoms with E-state index in [1.54, 1.807) is 4.90 Å². The Balaban J connectivity index is 1.75. The van der Waals surface area contributed by atoms with Crippen molar-refractivity contribution in [1.29, 1.82) is 0 Å². The molecule has 0 bridgehead atoms. The van der Waals surface area contributed by atoms with E-state index in [0.29, 0.717) is 19.0 Å². The van der Waals surface area contributed by atoms with E-state index in [9.17, 15) is 8.78 Å². The van der Waals surface area contributed by atoms with Gasteiger partial charge in [-0.1, -0.05) is 30.3 Å². The van der Waals surface area contributed by atoms with Crippen molar-refractivity contribution in [3.63, 3.8) is 0 Å². The van der Waals surface area contributed by atoms with Crippen LogP contribution in [0.2, 0.25) is 0 Å². The molecule has 2 aromatic rings. The second kappa shape index (κ2) is 5.72. The minimum atomic E-state index is -0.578. The van der Waals surface area contributed by atoms with E-state index >= 15 is 0 Å². The van der Waals surface area contributed by atoms with Crippen molar-refractivity contribution in [2.45, 2.75) is 18.8 Å². The van der Waals surface area contributed by atoms with E-state index in [2.05, 4.69) is 12.1 Å². The largest absolute Gasteiger partial charge is 0.399 e. The fraction of sp³-hybridized carbons (Fsp3) is 0.294. The molecule has 0 radical (unpaired) electrons. The summed E-state index contributed by atoms with van der Waals surface area (Å²) < 4.78 is 27.9. The molecule has 2 N–H and O–H groups in total. The number of nitrogens with two attached hydrogens (primary N) is 1. The average molecular weight is 288 g/mol. The van der Waals surface area contributed by atoms with Gasteiger partial charge in [-0.25, -0.2) is 8.78 Å². The van der Waals surface area contributed by atoms with E-state index in [1.807, 2.05) is 18.2 Å². The summed E-state index contributed by atoms with van der Waals surface area (Å²) in [4.78, 5) is 1.78. The molecule has 0 saturated carbocycles. The SMILES string of the molecule is Nc1cc(F)c(N2CCC(c3ccccc3)CC2)c(F)c1. The lowest BCUT2D eigenvalue weighted by Gasteiger charge is -2.34. The first-order valence-electron chi connectivity index (χ1n) is 7.19. The molecule has 1 heterocycles. The van der Waals surface area contributed by atoms with Crippen molar-refractivity contribution in [1.82, 2.24) is 0 Å². The number of halogens is 2. The molecule has 1 saturated heterocycles. The van der Waals surface area contributed by atoms with Gasteiger partial charge in [-0.2, -0.15) is 0 Å². The van der Waals surface area contributed by atoms with Crippen LogP contribution in [-0.4, -0.2) is 13.1 Å². The maximum absolute atomic E-state index is 14.0. The minimum absolute atomic E-state index is 0.0516. The molecule has 2 aromatic carbocycles. The van der Waals surface area contributed by atoms with Gasteiger partial charge < -0.3 is 10.6 Å². The van der Waals surface area contributed by atoms with Gasteiger partial charge in [-0.15, -0.1) is 0 Å². The van der Waals surface area contributed by atoms with Gasteiger partial charge in [-0.05, 0) is 36.5 Å². The molecule has 110 valence electrons. The highest BCUT2D eigenvalue weighted by Crippen LogP contribution is 2.33. The molecule has 0 aliphatic carbocycles. The van der Waals surface area contributed by atoms with Gasteiger partial charge in [-0.3, -0.25) is 0 Å². The third-order valence-electron chi connectivity index (χ3n) is 4.12. The van der Waals surface area contributed by atoms with Gasteiger partial charge in [0.1, 0.15) is 5.69 Å². The molecule has 4 heteroatoms. The molecule has 0 atom stereocenters. The number of hydrogen-bond donors (Lipinski definition) is 1. The minimum Gasteiger partial charge on any atom is -0.399 e. The molecule has 0 aromatic heterocycles. The maximum atomic E-state index is 14.0. The van der Waals surface area contributed by atoms with E-state index in [0.717, 1.165) is 12.8 Å². The van der Waals surface area contributed by atoms with Crippen molar-refractivity contribution in [3.8, 4) is 0 Å². The Kier molecular flexibility index (Phi) is 3.78. The third-order valence-corrected chi connectivity index (χ3v) is 4.12. The summed E-state index contributed by atoms with van der Waals surface area (Å²) in [6.45, 7) is 1.30. The fourth-order valence-corrected chi connectivity index (χ4v) is 3.05. The third kappa shape index (κ3) is 2.84.